The van der Waals surface area contributed by atoms with Gasteiger partial charge in [0.05, 0.1) is 11.4 Å². The summed E-state index contributed by atoms with van der Waals surface area (Å²) in [4.78, 5) is 12.3. The molecule has 1 aliphatic rings. The Balaban J connectivity index is 1.96. The van der Waals surface area contributed by atoms with Crippen LogP contribution in [0.2, 0.25) is 0 Å². The molecule has 26 heavy (non-hydrogen) atoms. The van der Waals surface area contributed by atoms with Crippen LogP contribution in [0.25, 0.3) is 0 Å². The minimum atomic E-state index is -3.32. The maximum Gasteiger partial charge on any atom is 0.319 e. The summed E-state index contributed by atoms with van der Waals surface area (Å²) in [6.45, 7) is 10.1. The number of aryl methyl sites for hydroxylation is 1. The van der Waals surface area contributed by atoms with Crippen LogP contribution in [0.15, 0.2) is 18.2 Å². The van der Waals surface area contributed by atoms with E-state index in [1.165, 1.54) is 0 Å². The third-order valence-electron chi connectivity index (χ3n) is 5.14. The number of nitrogens with one attached hydrogen (secondary N) is 3. The van der Waals surface area contributed by atoms with Crippen molar-refractivity contribution in [3.8, 4) is 0 Å². The molecular weight excluding hydrogens is 350 g/mol. The second-order valence-corrected chi connectivity index (χ2v) is 10.1. The van der Waals surface area contributed by atoms with Crippen LogP contribution in [0, 0.1) is 18.3 Å². The summed E-state index contributed by atoms with van der Waals surface area (Å²) in [7, 11) is -3.32. The van der Waals surface area contributed by atoms with Crippen LogP contribution in [0.4, 0.5) is 16.2 Å². The van der Waals surface area contributed by atoms with Crippen LogP contribution >= 0.6 is 0 Å². The van der Waals surface area contributed by atoms with Gasteiger partial charge in [0.25, 0.3) is 0 Å². The number of sulfonamides is 1. The van der Waals surface area contributed by atoms with Crippen molar-refractivity contribution < 1.29 is 13.2 Å². The van der Waals surface area contributed by atoms with Crippen molar-refractivity contribution in [3.05, 3.63) is 23.8 Å². The zero-order valence-electron chi connectivity index (χ0n) is 16.3. The Labute approximate surface area is 157 Å². The van der Waals surface area contributed by atoms with E-state index in [-0.39, 0.29) is 17.8 Å². The fraction of sp³-hybridized carbons (Fsp3) is 0.632. The zero-order chi connectivity index (χ0) is 19.5. The molecule has 0 heterocycles. The molecular formula is C19H31N3O3S. The molecule has 0 radical (unpaired) electrons. The normalized spacial score (nSPS) is 22.5. The highest BCUT2D eigenvalue weighted by Crippen LogP contribution is 2.38. The van der Waals surface area contributed by atoms with Gasteiger partial charge in [0.1, 0.15) is 0 Å². The number of anilines is 2. The standard InChI is InChI=1S/C19H31N3O3S/c1-6-26(24,25)22-17-8-7-15(11-13(17)2)20-18(23)21-16-9-10-19(4,5)12-14(16)3/h7-8,11,14,16,22H,6,9-10,12H2,1-5H3,(H2,20,21,23). The van der Waals surface area contributed by atoms with Crippen molar-refractivity contribution in [1.29, 1.82) is 0 Å². The van der Waals surface area contributed by atoms with E-state index < -0.39 is 10.0 Å². The first-order valence-corrected chi connectivity index (χ1v) is 10.9. The van der Waals surface area contributed by atoms with E-state index in [0.717, 1.165) is 24.8 Å². The highest BCUT2D eigenvalue weighted by molar-refractivity contribution is 7.92. The molecule has 146 valence electrons. The number of benzene rings is 1. The fourth-order valence-electron chi connectivity index (χ4n) is 3.59. The summed E-state index contributed by atoms with van der Waals surface area (Å²) in [6.07, 6.45) is 3.19. The SMILES string of the molecule is CCS(=O)(=O)Nc1ccc(NC(=O)NC2CCC(C)(C)CC2C)cc1C. The Morgan fingerprint density at radius 2 is 2.00 bits per heavy atom. The van der Waals surface area contributed by atoms with Crippen molar-refractivity contribution in [2.45, 2.75) is 59.9 Å². The molecule has 3 N–H and O–H groups in total. The first-order valence-electron chi connectivity index (χ1n) is 9.20. The Morgan fingerprint density at radius 1 is 1.31 bits per heavy atom. The van der Waals surface area contributed by atoms with Gasteiger partial charge in [-0.05, 0) is 68.2 Å². The van der Waals surface area contributed by atoms with Crippen LogP contribution in [-0.2, 0) is 10.0 Å². The summed E-state index contributed by atoms with van der Waals surface area (Å²) in [6, 6.07) is 5.10. The molecule has 1 fully saturated rings. The minimum Gasteiger partial charge on any atom is -0.335 e. The lowest BCUT2D eigenvalue weighted by molar-refractivity contribution is 0.152. The largest absolute Gasteiger partial charge is 0.335 e. The number of urea groups is 1. The van der Waals surface area contributed by atoms with Crippen LogP contribution in [0.3, 0.4) is 0 Å². The predicted octanol–water partition coefficient (Wildman–Crippen LogP) is 4.09. The van der Waals surface area contributed by atoms with Crippen LogP contribution in [0.1, 0.15) is 52.5 Å². The van der Waals surface area contributed by atoms with Gasteiger partial charge in [-0.15, -0.1) is 0 Å². The van der Waals surface area contributed by atoms with Crippen molar-refractivity contribution in [3.63, 3.8) is 0 Å². The van der Waals surface area contributed by atoms with E-state index in [2.05, 4.69) is 36.1 Å². The van der Waals surface area contributed by atoms with E-state index in [0.29, 0.717) is 22.7 Å². The number of carbonyl (C=O) groups is 1. The second kappa shape index (κ2) is 7.86. The van der Waals surface area contributed by atoms with Crippen LogP contribution < -0.4 is 15.4 Å². The molecule has 2 rings (SSSR count). The molecule has 1 aromatic carbocycles. The van der Waals surface area contributed by atoms with Crippen molar-refractivity contribution in [1.82, 2.24) is 5.32 Å². The highest BCUT2D eigenvalue weighted by Gasteiger charge is 2.33. The lowest BCUT2D eigenvalue weighted by Crippen LogP contribution is -2.46. The topological polar surface area (TPSA) is 87.3 Å². The van der Waals surface area contributed by atoms with Gasteiger partial charge in [0.15, 0.2) is 0 Å². The Bertz CT molecular complexity index is 759. The van der Waals surface area contributed by atoms with E-state index in [4.69, 9.17) is 0 Å². The maximum absolute atomic E-state index is 12.3. The molecule has 6 nitrogen and oxygen atoms in total. The van der Waals surface area contributed by atoms with Gasteiger partial charge in [0.2, 0.25) is 10.0 Å². The molecule has 2 amide bonds. The second-order valence-electron chi connectivity index (χ2n) is 8.12. The van der Waals surface area contributed by atoms with Crippen LogP contribution in [-0.4, -0.2) is 26.2 Å². The maximum atomic E-state index is 12.3. The van der Waals surface area contributed by atoms with E-state index in [9.17, 15) is 13.2 Å². The average Bonchev–Trinajstić information content (AvgIpc) is 2.52. The Morgan fingerprint density at radius 3 is 2.58 bits per heavy atom. The number of hydrogen-bond donors (Lipinski definition) is 3. The van der Waals surface area contributed by atoms with Crippen molar-refractivity contribution in [2.24, 2.45) is 11.3 Å². The number of amides is 2. The minimum absolute atomic E-state index is 0.0191. The lowest BCUT2D eigenvalue weighted by atomic mass is 9.70. The molecule has 0 aromatic heterocycles. The van der Waals surface area contributed by atoms with Gasteiger partial charge in [-0.3, -0.25) is 4.72 Å². The molecule has 0 saturated heterocycles. The number of rotatable bonds is 5. The van der Waals surface area contributed by atoms with Gasteiger partial charge < -0.3 is 10.6 Å². The number of hydrogen-bond acceptors (Lipinski definition) is 3. The molecule has 2 unspecified atom stereocenters. The van der Waals surface area contributed by atoms with Gasteiger partial charge in [-0.25, -0.2) is 13.2 Å². The Kier molecular flexibility index (Phi) is 6.21. The van der Waals surface area contributed by atoms with E-state index in [1.54, 1.807) is 25.1 Å². The molecule has 1 aliphatic carbocycles. The lowest BCUT2D eigenvalue weighted by Gasteiger charge is -2.39. The predicted molar refractivity (Wildman–Crippen MR) is 107 cm³/mol. The molecule has 0 bridgehead atoms. The van der Waals surface area contributed by atoms with Gasteiger partial charge in [-0.2, -0.15) is 0 Å². The number of carbonyl (C=O) groups excluding carboxylic acids is 1. The fourth-order valence-corrected chi connectivity index (χ4v) is 4.30. The average molecular weight is 382 g/mol. The van der Waals surface area contributed by atoms with Crippen LogP contribution in [0.5, 0.6) is 0 Å². The molecule has 1 saturated carbocycles. The first kappa shape index (κ1) is 20.6. The molecule has 0 aliphatic heterocycles. The van der Waals surface area contributed by atoms with Gasteiger partial charge in [0, 0.05) is 11.7 Å². The summed E-state index contributed by atoms with van der Waals surface area (Å²) < 4.78 is 25.9. The Hall–Kier alpha value is -1.76. The smallest absolute Gasteiger partial charge is 0.319 e. The van der Waals surface area contributed by atoms with Gasteiger partial charge in [-0.1, -0.05) is 20.8 Å². The first-order chi connectivity index (χ1) is 12.0. The van der Waals surface area contributed by atoms with Crippen molar-refractivity contribution >= 4 is 27.4 Å². The molecule has 0 spiro atoms. The molecule has 1 aromatic rings. The van der Waals surface area contributed by atoms with E-state index >= 15 is 0 Å². The van der Waals surface area contributed by atoms with Crippen molar-refractivity contribution in [2.75, 3.05) is 15.8 Å². The third-order valence-corrected chi connectivity index (χ3v) is 6.43. The third kappa shape index (κ3) is 5.62. The summed E-state index contributed by atoms with van der Waals surface area (Å²) >= 11 is 0. The quantitative estimate of drug-likeness (QED) is 0.718. The molecule has 7 heteroatoms. The summed E-state index contributed by atoms with van der Waals surface area (Å²) in [5, 5.41) is 5.92. The van der Waals surface area contributed by atoms with Gasteiger partial charge >= 0.3 is 6.03 Å². The zero-order valence-corrected chi connectivity index (χ0v) is 17.2. The highest BCUT2D eigenvalue weighted by atomic mass is 32.2. The monoisotopic (exact) mass is 381 g/mol. The summed E-state index contributed by atoms with van der Waals surface area (Å²) in [5.41, 5.74) is 2.27. The van der Waals surface area contributed by atoms with E-state index in [1.807, 2.05) is 6.92 Å². The summed E-state index contributed by atoms with van der Waals surface area (Å²) in [5.74, 6) is 0.461. The molecule has 2 atom stereocenters.